The Morgan fingerprint density at radius 1 is 1.16 bits per heavy atom. The van der Waals surface area contributed by atoms with E-state index < -0.39 is 26.7 Å². The van der Waals surface area contributed by atoms with E-state index in [4.69, 9.17) is 11.6 Å². The third kappa shape index (κ3) is 2.99. The summed E-state index contributed by atoms with van der Waals surface area (Å²) in [6.45, 7) is 0. The first-order valence-electron chi connectivity index (χ1n) is 4.98. The molecule has 0 aliphatic heterocycles. The van der Waals surface area contributed by atoms with Crippen LogP contribution in [0.5, 0.6) is 0 Å². The molecule has 8 heteroatoms. The highest BCUT2D eigenvalue weighted by Gasteiger charge is 2.21. The number of nitrogens with zero attached hydrogens (tertiary/aromatic N) is 1. The van der Waals surface area contributed by atoms with Crippen molar-refractivity contribution in [2.75, 3.05) is 4.72 Å². The van der Waals surface area contributed by atoms with Gasteiger partial charge in [-0.25, -0.2) is 13.8 Å². The van der Waals surface area contributed by atoms with E-state index >= 15 is 0 Å². The molecule has 100 valence electrons. The van der Waals surface area contributed by atoms with Crippen molar-refractivity contribution in [2.45, 2.75) is 5.03 Å². The Bertz CT molecular complexity index is 722. The van der Waals surface area contributed by atoms with Gasteiger partial charge in [0, 0.05) is 11.2 Å². The highest BCUT2D eigenvalue weighted by molar-refractivity contribution is 7.92. The fourth-order valence-electron chi connectivity index (χ4n) is 1.33. The Hall–Kier alpha value is -1.73. The predicted octanol–water partition coefficient (Wildman–Crippen LogP) is 2.81. The second-order valence-corrected chi connectivity index (χ2v) is 5.55. The molecule has 0 atom stereocenters. The number of nitrogens with one attached hydrogen (secondary N) is 1. The van der Waals surface area contributed by atoms with Crippen LogP contribution in [0.15, 0.2) is 41.6 Å². The van der Waals surface area contributed by atoms with Crippen LogP contribution in [0.1, 0.15) is 0 Å². The first-order valence-corrected chi connectivity index (χ1v) is 6.84. The summed E-state index contributed by atoms with van der Waals surface area (Å²) < 4.78 is 52.4. The van der Waals surface area contributed by atoms with Crippen LogP contribution in [0.2, 0.25) is 5.02 Å². The van der Waals surface area contributed by atoms with Crippen molar-refractivity contribution < 1.29 is 17.2 Å². The highest BCUT2D eigenvalue weighted by atomic mass is 35.5. The van der Waals surface area contributed by atoms with Gasteiger partial charge in [-0.05, 0) is 30.3 Å². The monoisotopic (exact) mass is 304 g/mol. The SMILES string of the molecule is O=S(=O)(Nc1ccc(Cl)cc1F)c1ncccc1F. The van der Waals surface area contributed by atoms with Crippen LogP contribution in [0.4, 0.5) is 14.5 Å². The smallest absolute Gasteiger partial charge is 0.275 e. The number of hydrogen-bond donors (Lipinski definition) is 1. The van der Waals surface area contributed by atoms with E-state index in [0.29, 0.717) is 0 Å². The Morgan fingerprint density at radius 2 is 1.89 bits per heavy atom. The van der Waals surface area contributed by atoms with Crippen LogP contribution >= 0.6 is 11.6 Å². The molecule has 0 saturated carbocycles. The van der Waals surface area contributed by atoms with E-state index in [0.717, 1.165) is 24.4 Å². The summed E-state index contributed by atoms with van der Waals surface area (Å²) in [5.41, 5.74) is -0.338. The molecule has 19 heavy (non-hydrogen) atoms. The van der Waals surface area contributed by atoms with Crippen LogP contribution < -0.4 is 4.72 Å². The Kier molecular flexibility index (Phi) is 3.68. The first kappa shape index (κ1) is 13.7. The molecule has 0 radical (unpaired) electrons. The van der Waals surface area contributed by atoms with E-state index in [1.54, 1.807) is 0 Å². The third-order valence-corrected chi connectivity index (χ3v) is 3.69. The molecule has 1 heterocycles. The number of benzene rings is 1. The van der Waals surface area contributed by atoms with Crippen LogP contribution in [0, 0.1) is 11.6 Å². The summed E-state index contributed by atoms with van der Waals surface area (Å²) in [6.07, 6.45) is 1.12. The number of pyridine rings is 1. The quantitative estimate of drug-likeness (QED) is 0.948. The molecule has 0 aliphatic rings. The third-order valence-electron chi connectivity index (χ3n) is 2.15. The summed E-state index contributed by atoms with van der Waals surface area (Å²) in [5.74, 6) is -1.89. The van der Waals surface area contributed by atoms with E-state index in [9.17, 15) is 17.2 Å². The fraction of sp³-hybridized carbons (Fsp3) is 0. The summed E-state index contributed by atoms with van der Waals surface area (Å²) in [5, 5.41) is -0.686. The zero-order valence-corrected chi connectivity index (χ0v) is 10.8. The molecular weight excluding hydrogens is 298 g/mol. The number of hydrogen-bond acceptors (Lipinski definition) is 3. The lowest BCUT2D eigenvalue weighted by Gasteiger charge is -2.08. The van der Waals surface area contributed by atoms with Crippen LogP contribution in [-0.4, -0.2) is 13.4 Å². The number of halogens is 3. The van der Waals surface area contributed by atoms with E-state index in [1.165, 1.54) is 12.1 Å². The predicted molar refractivity (Wildman–Crippen MR) is 66.4 cm³/mol. The van der Waals surface area contributed by atoms with Gasteiger partial charge in [-0.15, -0.1) is 0 Å². The minimum absolute atomic E-state index is 0.115. The normalized spacial score (nSPS) is 11.3. The number of sulfonamides is 1. The van der Waals surface area contributed by atoms with Gasteiger partial charge in [0.2, 0.25) is 5.03 Å². The number of anilines is 1. The molecule has 0 spiro atoms. The van der Waals surface area contributed by atoms with Crippen molar-refractivity contribution in [1.82, 2.24) is 4.98 Å². The lowest BCUT2D eigenvalue weighted by Crippen LogP contribution is -2.16. The second kappa shape index (κ2) is 5.10. The van der Waals surface area contributed by atoms with Crippen LogP contribution in [-0.2, 0) is 10.0 Å². The minimum Gasteiger partial charge on any atom is -0.275 e. The van der Waals surface area contributed by atoms with Gasteiger partial charge < -0.3 is 0 Å². The van der Waals surface area contributed by atoms with Crippen molar-refractivity contribution in [1.29, 1.82) is 0 Å². The van der Waals surface area contributed by atoms with Crippen molar-refractivity contribution >= 4 is 27.3 Å². The van der Waals surface area contributed by atoms with Crippen molar-refractivity contribution in [3.8, 4) is 0 Å². The Labute approximate surface area is 113 Å². The summed E-state index contributed by atoms with van der Waals surface area (Å²) in [7, 11) is -4.30. The van der Waals surface area contributed by atoms with Gasteiger partial charge in [-0.3, -0.25) is 4.72 Å². The standard InChI is InChI=1S/C11H7ClF2N2O2S/c12-7-3-4-10(9(14)6-7)16-19(17,18)11-8(13)2-1-5-15-11/h1-6,16H. The molecule has 0 aliphatic carbocycles. The van der Waals surface area contributed by atoms with E-state index in [2.05, 4.69) is 4.98 Å². The van der Waals surface area contributed by atoms with Crippen molar-refractivity contribution in [3.63, 3.8) is 0 Å². The van der Waals surface area contributed by atoms with Gasteiger partial charge in [0.05, 0.1) is 5.69 Å². The lowest BCUT2D eigenvalue weighted by molar-refractivity contribution is 0.556. The van der Waals surface area contributed by atoms with Gasteiger partial charge in [0.15, 0.2) is 5.82 Å². The average Bonchev–Trinajstić information content (AvgIpc) is 2.33. The first-order chi connectivity index (χ1) is 8.90. The molecule has 0 unspecified atom stereocenters. The molecule has 2 aromatic rings. The minimum atomic E-state index is -4.30. The second-order valence-electron chi connectivity index (χ2n) is 3.52. The molecule has 0 saturated heterocycles. The highest BCUT2D eigenvalue weighted by Crippen LogP contribution is 2.22. The molecule has 1 N–H and O–H groups in total. The maximum atomic E-state index is 13.5. The lowest BCUT2D eigenvalue weighted by atomic mass is 10.3. The summed E-state index contributed by atoms with van der Waals surface area (Å²) in [6, 6.07) is 5.57. The van der Waals surface area contributed by atoms with Gasteiger partial charge in [0.1, 0.15) is 5.82 Å². The molecule has 0 bridgehead atoms. The zero-order valence-electron chi connectivity index (χ0n) is 9.27. The summed E-state index contributed by atoms with van der Waals surface area (Å²) in [4.78, 5) is 3.42. The maximum Gasteiger partial charge on any atom is 0.282 e. The molecule has 0 amide bonds. The molecule has 1 aromatic carbocycles. The van der Waals surface area contributed by atoms with Crippen molar-refractivity contribution in [3.05, 3.63) is 53.2 Å². The topological polar surface area (TPSA) is 59.1 Å². The van der Waals surface area contributed by atoms with E-state index in [1.807, 2.05) is 4.72 Å². The largest absolute Gasteiger partial charge is 0.282 e. The Morgan fingerprint density at radius 3 is 2.53 bits per heavy atom. The van der Waals surface area contributed by atoms with Crippen LogP contribution in [0.25, 0.3) is 0 Å². The van der Waals surface area contributed by atoms with Crippen molar-refractivity contribution in [2.24, 2.45) is 0 Å². The van der Waals surface area contributed by atoms with Gasteiger partial charge in [-0.1, -0.05) is 11.6 Å². The maximum absolute atomic E-state index is 13.5. The van der Waals surface area contributed by atoms with Gasteiger partial charge in [0.25, 0.3) is 10.0 Å². The average molecular weight is 305 g/mol. The van der Waals surface area contributed by atoms with Gasteiger partial charge in [-0.2, -0.15) is 8.42 Å². The summed E-state index contributed by atoms with van der Waals surface area (Å²) >= 11 is 5.54. The van der Waals surface area contributed by atoms with Crippen LogP contribution in [0.3, 0.4) is 0 Å². The molecular formula is C11H7ClF2N2O2S. The van der Waals surface area contributed by atoms with E-state index in [-0.39, 0.29) is 10.7 Å². The Balaban J connectivity index is 2.40. The zero-order chi connectivity index (χ0) is 14.0. The molecule has 4 nitrogen and oxygen atoms in total. The number of aromatic nitrogens is 1. The molecule has 0 fully saturated rings. The number of rotatable bonds is 3. The molecule has 1 aromatic heterocycles. The van der Waals surface area contributed by atoms with Gasteiger partial charge >= 0.3 is 0 Å². The molecule has 2 rings (SSSR count). The fourth-order valence-corrected chi connectivity index (χ4v) is 2.57.